The van der Waals surface area contributed by atoms with E-state index in [9.17, 15) is 14.4 Å². The van der Waals surface area contributed by atoms with E-state index in [1.54, 1.807) is 24.0 Å². The SMILES string of the molecule is CC(C)CN1C(=O)c2ccc(C(=O)Nc3cnn(C)c3)cc2C1=O. The molecular weight excluding hydrogens is 308 g/mol. The van der Waals surface area contributed by atoms with Gasteiger partial charge in [0.05, 0.1) is 23.0 Å². The Morgan fingerprint density at radius 2 is 1.92 bits per heavy atom. The van der Waals surface area contributed by atoms with Crippen LogP contribution in [0.2, 0.25) is 0 Å². The number of imide groups is 1. The quantitative estimate of drug-likeness (QED) is 0.870. The number of nitrogens with zero attached hydrogens (tertiary/aromatic N) is 3. The van der Waals surface area contributed by atoms with E-state index in [0.717, 1.165) is 0 Å². The third-order valence-corrected chi connectivity index (χ3v) is 3.74. The lowest BCUT2D eigenvalue weighted by molar-refractivity contribution is 0.0636. The third kappa shape index (κ3) is 2.80. The van der Waals surface area contributed by atoms with Gasteiger partial charge in [0.25, 0.3) is 17.7 Å². The van der Waals surface area contributed by atoms with Crippen molar-refractivity contribution in [1.82, 2.24) is 14.7 Å². The fourth-order valence-corrected chi connectivity index (χ4v) is 2.65. The van der Waals surface area contributed by atoms with Gasteiger partial charge in [-0.05, 0) is 24.1 Å². The highest BCUT2D eigenvalue weighted by molar-refractivity contribution is 6.22. The van der Waals surface area contributed by atoms with Crippen LogP contribution in [0.1, 0.15) is 44.9 Å². The Kier molecular flexibility index (Phi) is 3.92. The fourth-order valence-electron chi connectivity index (χ4n) is 2.65. The van der Waals surface area contributed by atoms with Gasteiger partial charge < -0.3 is 5.32 Å². The molecule has 0 bridgehead atoms. The summed E-state index contributed by atoms with van der Waals surface area (Å²) in [6.07, 6.45) is 3.20. The maximum atomic E-state index is 12.4. The number of carbonyl (C=O) groups is 3. The van der Waals surface area contributed by atoms with E-state index in [-0.39, 0.29) is 29.2 Å². The fraction of sp³-hybridized carbons (Fsp3) is 0.294. The number of rotatable bonds is 4. The molecule has 7 nitrogen and oxygen atoms in total. The molecule has 0 radical (unpaired) electrons. The number of anilines is 1. The second kappa shape index (κ2) is 5.92. The summed E-state index contributed by atoms with van der Waals surface area (Å²) in [5, 5.41) is 6.68. The topological polar surface area (TPSA) is 84.3 Å². The molecule has 0 fully saturated rings. The van der Waals surface area contributed by atoms with Crippen LogP contribution in [0.5, 0.6) is 0 Å². The van der Waals surface area contributed by atoms with Crippen molar-refractivity contribution >= 4 is 23.4 Å². The Labute approximate surface area is 139 Å². The number of fused-ring (bicyclic) bond motifs is 1. The van der Waals surface area contributed by atoms with Crippen LogP contribution in [0.4, 0.5) is 5.69 Å². The predicted molar refractivity (Wildman–Crippen MR) is 87.8 cm³/mol. The molecule has 0 spiro atoms. The molecule has 2 heterocycles. The molecule has 0 aliphatic carbocycles. The number of aromatic nitrogens is 2. The molecule has 1 N–H and O–H groups in total. The van der Waals surface area contributed by atoms with Crippen molar-refractivity contribution < 1.29 is 14.4 Å². The van der Waals surface area contributed by atoms with E-state index >= 15 is 0 Å². The zero-order chi connectivity index (χ0) is 17.4. The van der Waals surface area contributed by atoms with Gasteiger partial charge in [0.15, 0.2) is 0 Å². The minimum absolute atomic E-state index is 0.181. The van der Waals surface area contributed by atoms with Crippen LogP contribution < -0.4 is 5.32 Å². The summed E-state index contributed by atoms with van der Waals surface area (Å²) in [6.45, 7) is 4.25. The lowest BCUT2D eigenvalue weighted by Crippen LogP contribution is -2.33. The van der Waals surface area contributed by atoms with E-state index in [0.29, 0.717) is 23.4 Å². The summed E-state index contributed by atoms with van der Waals surface area (Å²) in [6, 6.07) is 4.56. The Morgan fingerprint density at radius 1 is 1.21 bits per heavy atom. The van der Waals surface area contributed by atoms with Gasteiger partial charge in [-0.1, -0.05) is 13.8 Å². The minimum atomic E-state index is -0.353. The van der Waals surface area contributed by atoms with E-state index < -0.39 is 0 Å². The molecule has 1 aliphatic heterocycles. The van der Waals surface area contributed by atoms with Gasteiger partial charge in [0, 0.05) is 25.4 Å². The van der Waals surface area contributed by atoms with Crippen LogP contribution in [0.3, 0.4) is 0 Å². The van der Waals surface area contributed by atoms with Crippen molar-refractivity contribution in [3.8, 4) is 0 Å². The predicted octanol–water partition coefficient (Wildman–Crippen LogP) is 1.92. The lowest BCUT2D eigenvalue weighted by Gasteiger charge is -2.15. The van der Waals surface area contributed by atoms with Crippen LogP contribution in [-0.2, 0) is 7.05 Å². The van der Waals surface area contributed by atoms with Crippen LogP contribution in [0.15, 0.2) is 30.6 Å². The third-order valence-electron chi connectivity index (χ3n) is 3.74. The van der Waals surface area contributed by atoms with Crippen LogP contribution in [-0.4, -0.2) is 38.9 Å². The first-order valence-corrected chi connectivity index (χ1v) is 7.67. The number of carbonyl (C=O) groups excluding carboxylic acids is 3. The summed E-state index contributed by atoms with van der Waals surface area (Å²) < 4.78 is 1.57. The van der Waals surface area contributed by atoms with Gasteiger partial charge in [-0.3, -0.25) is 24.0 Å². The molecule has 3 amide bonds. The summed E-state index contributed by atoms with van der Waals surface area (Å²) in [5.74, 6) is -0.823. The van der Waals surface area contributed by atoms with E-state index in [2.05, 4.69) is 10.4 Å². The molecular formula is C17H18N4O3. The van der Waals surface area contributed by atoms with Crippen molar-refractivity contribution in [3.05, 3.63) is 47.3 Å². The maximum Gasteiger partial charge on any atom is 0.261 e. The highest BCUT2D eigenvalue weighted by Gasteiger charge is 2.36. The highest BCUT2D eigenvalue weighted by atomic mass is 16.2. The lowest BCUT2D eigenvalue weighted by atomic mass is 10.1. The summed E-state index contributed by atoms with van der Waals surface area (Å²) >= 11 is 0. The van der Waals surface area contributed by atoms with Crippen molar-refractivity contribution in [3.63, 3.8) is 0 Å². The molecule has 2 aromatic rings. The molecule has 0 saturated carbocycles. The molecule has 7 heteroatoms. The molecule has 0 atom stereocenters. The number of benzene rings is 1. The van der Waals surface area contributed by atoms with Crippen LogP contribution in [0.25, 0.3) is 0 Å². The molecule has 124 valence electrons. The average molecular weight is 326 g/mol. The molecule has 1 aromatic carbocycles. The zero-order valence-corrected chi connectivity index (χ0v) is 13.7. The molecule has 1 aliphatic rings. The van der Waals surface area contributed by atoms with Crippen molar-refractivity contribution in [2.24, 2.45) is 13.0 Å². The molecule has 1 aromatic heterocycles. The second-order valence-electron chi connectivity index (χ2n) is 6.23. The van der Waals surface area contributed by atoms with E-state index in [1.165, 1.54) is 23.2 Å². The number of nitrogens with one attached hydrogen (secondary N) is 1. The largest absolute Gasteiger partial charge is 0.319 e. The Hall–Kier alpha value is -2.96. The standard InChI is InChI=1S/C17H18N4O3/c1-10(2)8-21-16(23)13-5-4-11(6-14(13)17(21)24)15(22)19-12-7-18-20(3)9-12/h4-7,9-10H,8H2,1-3H3,(H,19,22). The van der Waals surface area contributed by atoms with E-state index in [4.69, 9.17) is 0 Å². The Morgan fingerprint density at radius 3 is 2.54 bits per heavy atom. The molecule has 3 rings (SSSR count). The number of hydrogen-bond acceptors (Lipinski definition) is 4. The Bertz CT molecular complexity index is 838. The van der Waals surface area contributed by atoms with Gasteiger partial charge in [-0.2, -0.15) is 5.10 Å². The minimum Gasteiger partial charge on any atom is -0.319 e. The summed E-state index contributed by atoms with van der Waals surface area (Å²) in [5.41, 5.74) is 1.51. The monoisotopic (exact) mass is 326 g/mol. The van der Waals surface area contributed by atoms with Gasteiger partial charge >= 0.3 is 0 Å². The molecule has 0 unspecified atom stereocenters. The smallest absolute Gasteiger partial charge is 0.261 e. The maximum absolute atomic E-state index is 12.4. The van der Waals surface area contributed by atoms with Crippen molar-refractivity contribution in [1.29, 1.82) is 0 Å². The second-order valence-corrected chi connectivity index (χ2v) is 6.23. The van der Waals surface area contributed by atoms with Gasteiger partial charge in [0.1, 0.15) is 0 Å². The number of amides is 3. The first-order valence-electron chi connectivity index (χ1n) is 7.67. The average Bonchev–Trinajstić information content (AvgIpc) is 3.04. The molecule has 0 saturated heterocycles. The first-order chi connectivity index (χ1) is 11.4. The molecule has 24 heavy (non-hydrogen) atoms. The normalized spacial score (nSPS) is 13.6. The first kappa shape index (κ1) is 15.9. The highest BCUT2D eigenvalue weighted by Crippen LogP contribution is 2.25. The number of aryl methyl sites for hydroxylation is 1. The van der Waals surface area contributed by atoms with Gasteiger partial charge in [0.2, 0.25) is 0 Å². The van der Waals surface area contributed by atoms with Crippen LogP contribution >= 0.6 is 0 Å². The van der Waals surface area contributed by atoms with Crippen molar-refractivity contribution in [2.45, 2.75) is 13.8 Å². The Balaban J connectivity index is 1.85. The van der Waals surface area contributed by atoms with E-state index in [1.807, 2.05) is 13.8 Å². The summed E-state index contributed by atoms with van der Waals surface area (Å²) in [4.78, 5) is 38.3. The van der Waals surface area contributed by atoms with Crippen LogP contribution in [0, 0.1) is 5.92 Å². The number of hydrogen-bond donors (Lipinski definition) is 1. The zero-order valence-electron chi connectivity index (χ0n) is 13.7. The van der Waals surface area contributed by atoms with Gasteiger partial charge in [-0.25, -0.2) is 0 Å². The van der Waals surface area contributed by atoms with Gasteiger partial charge in [-0.15, -0.1) is 0 Å². The summed E-state index contributed by atoms with van der Waals surface area (Å²) in [7, 11) is 1.75. The van der Waals surface area contributed by atoms with Crippen molar-refractivity contribution in [2.75, 3.05) is 11.9 Å².